The molecule has 0 aromatic carbocycles. The number of fused-ring (bicyclic) bond motifs is 1. The van der Waals surface area contributed by atoms with Gasteiger partial charge in [0.1, 0.15) is 5.82 Å². The van der Waals surface area contributed by atoms with E-state index in [1.54, 1.807) is 28.4 Å². The molecule has 4 aromatic rings. The summed E-state index contributed by atoms with van der Waals surface area (Å²) in [6.07, 6.45) is 7.26. The minimum Gasteiger partial charge on any atom is -0.396 e. The predicted molar refractivity (Wildman–Crippen MR) is 104 cm³/mol. The van der Waals surface area contributed by atoms with Crippen molar-refractivity contribution in [1.82, 2.24) is 19.7 Å². The molecule has 0 aliphatic rings. The highest BCUT2D eigenvalue weighted by Crippen LogP contribution is 2.27. The number of aliphatic hydroxyl groups excluding tert-OH is 1. The summed E-state index contributed by atoms with van der Waals surface area (Å²) < 4.78 is 2.90. The highest BCUT2D eigenvalue weighted by atomic mass is 32.1. The molecule has 8 heteroatoms. The zero-order valence-electron chi connectivity index (χ0n) is 14.0. The van der Waals surface area contributed by atoms with Crippen molar-refractivity contribution in [1.29, 1.82) is 0 Å². The van der Waals surface area contributed by atoms with E-state index in [4.69, 9.17) is 10.8 Å². The van der Waals surface area contributed by atoms with Crippen LogP contribution in [0.25, 0.3) is 21.3 Å². The molecule has 4 N–H and O–H groups in total. The molecular weight excluding hydrogens is 348 g/mol. The summed E-state index contributed by atoms with van der Waals surface area (Å²) in [5.41, 5.74) is 8.34. The number of anilines is 2. The van der Waals surface area contributed by atoms with Gasteiger partial charge in [-0.1, -0.05) is 0 Å². The van der Waals surface area contributed by atoms with Crippen LogP contribution in [0.3, 0.4) is 0 Å². The van der Waals surface area contributed by atoms with Gasteiger partial charge in [-0.15, -0.1) is 11.3 Å². The second kappa shape index (κ2) is 7.11. The molecular formula is C18H18N6OS. The summed E-state index contributed by atoms with van der Waals surface area (Å²) in [7, 11) is 0. The molecule has 0 spiro atoms. The highest BCUT2D eigenvalue weighted by molar-refractivity contribution is 7.19. The summed E-state index contributed by atoms with van der Waals surface area (Å²) in [6.45, 7) is 1.15. The van der Waals surface area contributed by atoms with Gasteiger partial charge in [0.25, 0.3) is 0 Å². The Bertz CT molecular complexity index is 1010. The molecule has 0 bridgehead atoms. The Hall–Kier alpha value is -2.97. The topological polar surface area (TPSA) is 102 Å². The summed E-state index contributed by atoms with van der Waals surface area (Å²) in [5, 5.41) is 17.7. The number of rotatable bonds is 6. The monoisotopic (exact) mass is 366 g/mol. The first-order valence-electron chi connectivity index (χ1n) is 8.19. The maximum Gasteiger partial charge on any atom is 0.150 e. The zero-order chi connectivity index (χ0) is 17.9. The second-order valence-corrected chi connectivity index (χ2v) is 7.00. The number of nitrogens with one attached hydrogen (secondary N) is 1. The maximum atomic E-state index is 9.00. The number of nitrogen functional groups attached to an aromatic ring is 1. The van der Waals surface area contributed by atoms with E-state index in [-0.39, 0.29) is 6.61 Å². The van der Waals surface area contributed by atoms with Crippen LogP contribution < -0.4 is 11.1 Å². The molecule has 0 saturated heterocycles. The van der Waals surface area contributed by atoms with Crippen LogP contribution >= 0.6 is 11.3 Å². The van der Waals surface area contributed by atoms with Gasteiger partial charge >= 0.3 is 0 Å². The molecule has 132 valence electrons. The van der Waals surface area contributed by atoms with Gasteiger partial charge in [0.05, 0.1) is 37.3 Å². The smallest absolute Gasteiger partial charge is 0.150 e. The van der Waals surface area contributed by atoms with Gasteiger partial charge in [-0.25, -0.2) is 4.98 Å². The number of hydrogen-bond acceptors (Lipinski definition) is 7. The predicted octanol–water partition coefficient (Wildman–Crippen LogP) is 2.74. The molecule has 0 radical (unpaired) electrons. The van der Waals surface area contributed by atoms with Gasteiger partial charge in [0.15, 0.2) is 0 Å². The summed E-state index contributed by atoms with van der Waals surface area (Å²) in [6, 6.07) is 7.84. The van der Waals surface area contributed by atoms with Gasteiger partial charge in [-0.2, -0.15) is 5.10 Å². The molecule has 0 amide bonds. The van der Waals surface area contributed by atoms with Gasteiger partial charge in [0.2, 0.25) is 0 Å². The quantitative estimate of drug-likeness (QED) is 0.485. The van der Waals surface area contributed by atoms with Crippen molar-refractivity contribution in [2.75, 3.05) is 17.7 Å². The van der Waals surface area contributed by atoms with Crippen LogP contribution in [0, 0.1) is 0 Å². The number of hydrogen-bond donors (Lipinski definition) is 3. The molecule has 4 rings (SSSR count). The van der Waals surface area contributed by atoms with Crippen molar-refractivity contribution in [2.24, 2.45) is 0 Å². The second-order valence-electron chi connectivity index (χ2n) is 5.83. The SMILES string of the molecule is Nc1ccc(-c2cnn(CCO)c2)nc1NCc1cc2cnccc2s1. The summed E-state index contributed by atoms with van der Waals surface area (Å²) in [4.78, 5) is 9.96. The van der Waals surface area contributed by atoms with E-state index in [9.17, 15) is 0 Å². The van der Waals surface area contributed by atoms with Crippen molar-refractivity contribution >= 4 is 32.9 Å². The lowest BCUT2D eigenvalue weighted by molar-refractivity contribution is 0.269. The fourth-order valence-corrected chi connectivity index (χ4v) is 3.66. The Morgan fingerprint density at radius 1 is 1.23 bits per heavy atom. The lowest BCUT2D eigenvalue weighted by Gasteiger charge is -2.09. The van der Waals surface area contributed by atoms with Crippen LogP contribution in [0.2, 0.25) is 0 Å². The fourth-order valence-electron chi connectivity index (χ4n) is 2.69. The zero-order valence-corrected chi connectivity index (χ0v) is 14.8. The van der Waals surface area contributed by atoms with Crippen molar-refractivity contribution in [3.05, 3.63) is 53.9 Å². The first kappa shape index (κ1) is 16.5. The van der Waals surface area contributed by atoms with E-state index in [0.29, 0.717) is 24.6 Å². The number of nitrogens with zero attached hydrogens (tertiary/aromatic N) is 4. The lowest BCUT2D eigenvalue weighted by atomic mass is 10.2. The summed E-state index contributed by atoms with van der Waals surface area (Å²) >= 11 is 1.72. The van der Waals surface area contributed by atoms with Crippen LogP contribution in [0.1, 0.15) is 4.88 Å². The molecule has 26 heavy (non-hydrogen) atoms. The van der Waals surface area contributed by atoms with Gasteiger partial charge in [-0.3, -0.25) is 9.67 Å². The van der Waals surface area contributed by atoms with Crippen molar-refractivity contribution < 1.29 is 5.11 Å². The first-order chi connectivity index (χ1) is 12.7. The minimum atomic E-state index is 0.0494. The minimum absolute atomic E-state index is 0.0494. The third-order valence-corrected chi connectivity index (χ3v) is 5.10. The Labute approximate surface area is 154 Å². The first-order valence-corrected chi connectivity index (χ1v) is 9.01. The summed E-state index contributed by atoms with van der Waals surface area (Å²) in [5.74, 6) is 0.646. The number of aromatic nitrogens is 4. The van der Waals surface area contributed by atoms with E-state index in [2.05, 4.69) is 26.4 Å². The number of pyridine rings is 2. The molecule has 0 fully saturated rings. The average molecular weight is 366 g/mol. The molecule has 4 heterocycles. The van der Waals surface area contributed by atoms with E-state index in [1.807, 2.05) is 30.6 Å². The molecule has 0 aliphatic carbocycles. The van der Waals surface area contributed by atoms with Crippen molar-refractivity contribution in [2.45, 2.75) is 13.1 Å². The normalized spacial score (nSPS) is 11.1. The maximum absolute atomic E-state index is 9.00. The van der Waals surface area contributed by atoms with Crippen LogP contribution in [0.5, 0.6) is 0 Å². The van der Waals surface area contributed by atoms with Crippen molar-refractivity contribution in [3.63, 3.8) is 0 Å². The van der Waals surface area contributed by atoms with Gasteiger partial charge < -0.3 is 16.2 Å². The Morgan fingerprint density at radius 3 is 3.00 bits per heavy atom. The van der Waals surface area contributed by atoms with Crippen molar-refractivity contribution in [3.8, 4) is 11.3 Å². The number of aliphatic hydroxyl groups is 1. The fraction of sp³-hybridized carbons (Fsp3) is 0.167. The van der Waals surface area contributed by atoms with Crippen LogP contribution in [0.15, 0.2) is 49.1 Å². The number of thiophene rings is 1. The van der Waals surface area contributed by atoms with E-state index < -0.39 is 0 Å². The standard InChI is InChI=1S/C18H18N6OS/c19-15-1-2-16(13-9-22-24(11-13)5-6-25)23-18(15)21-10-14-7-12-8-20-4-3-17(12)26-14/h1-4,7-9,11,25H,5-6,10,19H2,(H,21,23). The third-order valence-electron chi connectivity index (χ3n) is 3.98. The Kier molecular flexibility index (Phi) is 4.51. The van der Waals surface area contributed by atoms with E-state index >= 15 is 0 Å². The molecule has 4 aromatic heterocycles. The Balaban J connectivity index is 1.53. The Morgan fingerprint density at radius 2 is 2.15 bits per heavy atom. The van der Waals surface area contributed by atoms with Crippen LogP contribution in [-0.4, -0.2) is 31.5 Å². The molecule has 7 nitrogen and oxygen atoms in total. The molecule has 0 atom stereocenters. The molecule has 0 unspecified atom stereocenters. The van der Waals surface area contributed by atoms with Crippen LogP contribution in [0.4, 0.5) is 11.5 Å². The lowest BCUT2D eigenvalue weighted by Crippen LogP contribution is -2.04. The largest absolute Gasteiger partial charge is 0.396 e. The van der Waals surface area contributed by atoms with E-state index in [1.165, 1.54) is 9.58 Å². The van der Waals surface area contributed by atoms with Crippen LogP contribution in [-0.2, 0) is 13.1 Å². The third kappa shape index (κ3) is 3.37. The molecule has 0 aliphatic heterocycles. The average Bonchev–Trinajstić information content (AvgIpc) is 3.28. The molecule has 0 saturated carbocycles. The number of nitrogens with two attached hydrogens (primary N) is 1. The van der Waals surface area contributed by atoms with E-state index in [0.717, 1.165) is 16.6 Å². The highest BCUT2D eigenvalue weighted by Gasteiger charge is 2.08. The van der Waals surface area contributed by atoms with Gasteiger partial charge in [0, 0.05) is 39.1 Å². The van der Waals surface area contributed by atoms with Gasteiger partial charge in [-0.05, 0) is 24.3 Å².